The standard InChI is InChI=1S/C23H22N2O4/c1-28-17-10-11-21(29-2)19(13-17)24-23(27)16-12-22(26)25(14-16)20-9-5-7-15-6-3-4-8-18(15)20/h3-11,13,16H,12,14H2,1-2H3,(H,24,27)/t16-/m0/s1. The number of amides is 2. The van der Waals surface area contributed by atoms with Gasteiger partial charge >= 0.3 is 0 Å². The average molecular weight is 390 g/mol. The molecule has 6 nitrogen and oxygen atoms in total. The Morgan fingerprint density at radius 1 is 1.03 bits per heavy atom. The van der Waals surface area contributed by atoms with Gasteiger partial charge in [0, 0.05) is 24.4 Å². The van der Waals surface area contributed by atoms with Crippen LogP contribution in [0.3, 0.4) is 0 Å². The van der Waals surface area contributed by atoms with E-state index in [0.717, 1.165) is 16.5 Å². The van der Waals surface area contributed by atoms with Crippen LogP contribution in [0.2, 0.25) is 0 Å². The van der Waals surface area contributed by atoms with Gasteiger partial charge in [-0.15, -0.1) is 0 Å². The summed E-state index contributed by atoms with van der Waals surface area (Å²) in [5.74, 6) is 0.430. The number of ether oxygens (including phenoxy) is 2. The Balaban J connectivity index is 1.56. The molecule has 1 atom stereocenters. The van der Waals surface area contributed by atoms with Crippen LogP contribution in [0.5, 0.6) is 11.5 Å². The Hall–Kier alpha value is -3.54. The third-order valence-electron chi connectivity index (χ3n) is 5.22. The molecular weight excluding hydrogens is 368 g/mol. The topological polar surface area (TPSA) is 67.9 Å². The van der Waals surface area contributed by atoms with Crippen molar-refractivity contribution in [2.45, 2.75) is 6.42 Å². The maximum atomic E-state index is 12.9. The Morgan fingerprint density at radius 2 is 1.83 bits per heavy atom. The zero-order valence-corrected chi connectivity index (χ0v) is 16.3. The summed E-state index contributed by atoms with van der Waals surface area (Å²) in [5, 5.41) is 4.95. The Labute approximate surface area is 169 Å². The lowest BCUT2D eigenvalue weighted by atomic mass is 10.1. The van der Waals surface area contributed by atoms with Crippen molar-refractivity contribution in [3.05, 3.63) is 60.7 Å². The molecule has 1 aliphatic rings. The van der Waals surface area contributed by atoms with E-state index in [0.29, 0.717) is 23.7 Å². The number of benzene rings is 3. The van der Waals surface area contributed by atoms with E-state index in [2.05, 4.69) is 5.32 Å². The van der Waals surface area contributed by atoms with Crippen molar-refractivity contribution in [2.75, 3.05) is 31.0 Å². The molecule has 0 saturated carbocycles. The smallest absolute Gasteiger partial charge is 0.229 e. The molecule has 0 spiro atoms. The van der Waals surface area contributed by atoms with Crippen LogP contribution in [-0.2, 0) is 9.59 Å². The minimum atomic E-state index is -0.447. The molecule has 4 rings (SSSR count). The fraction of sp³-hybridized carbons (Fsp3) is 0.217. The van der Waals surface area contributed by atoms with Crippen LogP contribution in [0.1, 0.15) is 6.42 Å². The highest BCUT2D eigenvalue weighted by atomic mass is 16.5. The molecule has 3 aromatic carbocycles. The Kier molecular flexibility index (Phi) is 5.08. The highest BCUT2D eigenvalue weighted by Crippen LogP contribution is 2.33. The van der Waals surface area contributed by atoms with Crippen molar-refractivity contribution in [1.29, 1.82) is 0 Å². The molecule has 148 valence electrons. The van der Waals surface area contributed by atoms with Crippen LogP contribution >= 0.6 is 0 Å². The first-order valence-electron chi connectivity index (χ1n) is 9.41. The minimum absolute atomic E-state index is 0.0564. The van der Waals surface area contributed by atoms with Crippen LogP contribution in [0.15, 0.2) is 60.7 Å². The summed E-state index contributed by atoms with van der Waals surface area (Å²) >= 11 is 0. The summed E-state index contributed by atoms with van der Waals surface area (Å²) in [6, 6.07) is 19.0. The number of hydrogen-bond acceptors (Lipinski definition) is 4. The second-order valence-corrected chi connectivity index (χ2v) is 6.96. The summed E-state index contributed by atoms with van der Waals surface area (Å²) < 4.78 is 10.5. The molecule has 1 N–H and O–H groups in total. The normalized spacial score (nSPS) is 16.1. The van der Waals surface area contributed by atoms with Crippen LogP contribution in [-0.4, -0.2) is 32.6 Å². The molecule has 0 aromatic heterocycles. The first-order chi connectivity index (χ1) is 14.1. The van der Waals surface area contributed by atoms with Gasteiger partial charge in [0.15, 0.2) is 0 Å². The van der Waals surface area contributed by atoms with E-state index in [1.54, 1.807) is 37.3 Å². The van der Waals surface area contributed by atoms with Gasteiger partial charge in [0.1, 0.15) is 11.5 Å². The van der Waals surface area contributed by atoms with E-state index in [-0.39, 0.29) is 18.2 Å². The van der Waals surface area contributed by atoms with Gasteiger partial charge in [-0.05, 0) is 23.6 Å². The number of hydrogen-bond donors (Lipinski definition) is 1. The fourth-order valence-corrected chi connectivity index (χ4v) is 3.71. The summed E-state index contributed by atoms with van der Waals surface area (Å²) in [6.45, 7) is 0.338. The van der Waals surface area contributed by atoms with Gasteiger partial charge < -0.3 is 19.7 Å². The molecule has 1 aliphatic heterocycles. The summed E-state index contributed by atoms with van der Waals surface area (Å²) in [7, 11) is 3.10. The molecule has 3 aromatic rings. The second kappa shape index (κ2) is 7.83. The van der Waals surface area contributed by atoms with Gasteiger partial charge in [-0.1, -0.05) is 36.4 Å². The van der Waals surface area contributed by atoms with Crippen LogP contribution in [0.4, 0.5) is 11.4 Å². The van der Waals surface area contributed by atoms with E-state index in [1.165, 1.54) is 0 Å². The molecule has 1 fully saturated rings. The van der Waals surface area contributed by atoms with Gasteiger partial charge in [-0.3, -0.25) is 9.59 Å². The van der Waals surface area contributed by atoms with Crippen molar-refractivity contribution < 1.29 is 19.1 Å². The molecule has 1 heterocycles. The molecule has 0 aliphatic carbocycles. The minimum Gasteiger partial charge on any atom is -0.497 e. The lowest BCUT2D eigenvalue weighted by Gasteiger charge is -2.19. The number of carbonyl (C=O) groups excluding carboxylic acids is 2. The number of nitrogens with zero attached hydrogens (tertiary/aromatic N) is 1. The van der Waals surface area contributed by atoms with Crippen LogP contribution in [0.25, 0.3) is 10.8 Å². The highest BCUT2D eigenvalue weighted by molar-refractivity contribution is 6.08. The van der Waals surface area contributed by atoms with Gasteiger partial charge in [0.25, 0.3) is 0 Å². The highest BCUT2D eigenvalue weighted by Gasteiger charge is 2.36. The third kappa shape index (κ3) is 3.61. The molecular formula is C23H22N2O4. The fourth-order valence-electron chi connectivity index (χ4n) is 3.71. The lowest BCUT2D eigenvalue weighted by Crippen LogP contribution is -2.28. The maximum absolute atomic E-state index is 12.9. The average Bonchev–Trinajstić information content (AvgIpc) is 3.14. The van der Waals surface area contributed by atoms with Crippen LogP contribution < -0.4 is 19.7 Å². The van der Waals surface area contributed by atoms with Crippen molar-refractivity contribution in [2.24, 2.45) is 5.92 Å². The SMILES string of the molecule is COc1ccc(OC)c(NC(=O)[C@H]2CC(=O)N(c3cccc4ccccc34)C2)c1. The first-order valence-corrected chi connectivity index (χ1v) is 9.41. The Morgan fingerprint density at radius 3 is 2.62 bits per heavy atom. The number of nitrogens with one attached hydrogen (secondary N) is 1. The predicted molar refractivity (Wildman–Crippen MR) is 113 cm³/mol. The lowest BCUT2D eigenvalue weighted by molar-refractivity contribution is -0.122. The third-order valence-corrected chi connectivity index (χ3v) is 5.22. The molecule has 1 saturated heterocycles. The van der Waals surface area contributed by atoms with Crippen molar-refractivity contribution >= 4 is 34.0 Å². The summed E-state index contributed by atoms with van der Waals surface area (Å²) in [4.78, 5) is 27.3. The zero-order valence-electron chi connectivity index (χ0n) is 16.3. The monoisotopic (exact) mass is 390 g/mol. The quantitative estimate of drug-likeness (QED) is 0.719. The molecule has 29 heavy (non-hydrogen) atoms. The predicted octanol–water partition coefficient (Wildman–Crippen LogP) is 3.85. The van der Waals surface area contributed by atoms with Gasteiger partial charge in [0.05, 0.1) is 31.5 Å². The zero-order chi connectivity index (χ0) is 20.4. The van der Waals surface area contributed by atoms with Gasteiger partial charge in [-0.25, -0.2) is 0 Å². The van der Waals surface area contributed by atoms with Gasteiger partial charge in [0.2, 0.25) is 11.8 Å². The Bertz CT molecular complexity index is 1070. The first kappa shape index (κ1) is 18.8. The summed E-state index contributed by atoms with van der Waals surface area (Å²) in [6.07, 6.45) is 0.168. The number of methoxy groups -OCH3 is 2. The van der Waals surface area contributed by atoms with E-state index >= 15 is 0 Å². The summed E-state index contributed by atoms with van der Waals surface area (Å²) in [5.41, 5.74) is 1.36. The van der Waals surface area contributed by atoms with E-state index in [1.807, 2.05) is 42.5 Å². The molecule has 0 radical (unpaired) electrons. The van der Waals surface area contributed by atoms with Crippen molar-refractivity contribution in [1.82, 2.24) is 0 Å². The number of fused-ring (bicyclic) bond motifs is 1. The van der Waals surface area contributed by atoms with Crippen molar-refractivity contribution in [3.8, 4) is 11.5 Å². The largest absolute Gasteiger partial charge is 0.497 e. The second-order valence-electron chi connectivity index (χ2n) is 6.96. The maximum Gasteiger partial charge on any atom is 0.229 e. The van der Waals surface area contributed by atoms with Crippen molar-refractivity contribution in [3.63, 3.8) is 0 Å². The molecule has 0 unspecified atom stereocenters. The molecule has 6 heteroatoms. The molecule has 0 bridgehead atoms. The van der Waals surface area contributed by atoms with Crippen LogP contribution in [0, 0.1) is 5.92 Å². The number of rotatable bonds is 5. The number of carbonyl (C=O) groups is 2. The molecule has 2 amide bonds. The van der Waals surface area contributed by atoms with Gasteiger partial charge in [-0.2, -0.15) is 0 Å². The van der Waals surface area contributed by atoms with E-state index in [9.17, 15) is 9.59 Å². The van der Waals surface area contributed by atoms with E-state index in [4.69, 9.17) is 9.47 Å². The number of anilines is 2. The van der Waals surface area contributed by atoms with E-state index < -0.39 is 5.92 Å².